The van der Waals surface area contributed by atoms with E-state index in [1.807, 2.05) is 18.5 Å². The Labute approximate surface area is 161 Å². The first-order chi connectivity index (χ1) is 13.2. The number of rotatable bonds is 8. The van der Waals surface area contributed by atoms with Gasteiger partial charge in [0.2, 0.25) is 0 Å². The number of halogens is 3. The van der Waals surface area contributed by atoms with Crippen molar-refractivity contribution in [3.63, 3.8) is 0 Å². The lowest BCUT2D eigenvalue weighted by atomic mass is 10.2. The molecule has 0 aliphatic heterocycles. The average molecular weight is 399 g/mol. The number of alkyl halides is 3. The van der Waals surface area contributed by atoms with Crippen molar-refractivity contribution in [3.05, 3.63) is 46.8 Å². The van der Waals surface area contributed by atoms with Crippen LogP contribution >= 0.6 is 0 Å². The Hall–Kier alpha value is -2.75. The van der Waals surface area contributed by atoms with Crippen LogP contribution in [0.5, 0.6) is 5.75 Å². The van der Waals surface area contributed by atoms with E-state index in [4.69, 9.17) is 10.5 Å². The number of ether oxygens (including phenoxy) is 2. The van der Waals surface area contributed by atoms with Gasteiger partial charge in [-0.25, -0.2) is 4.99 Å². The van der Waals surface area contributed by atoms with E-state index in [-0.39, 0.29) is 18.3 Å². The summed E-state index contributed by atoms with van der Waals surface area (Å²) in [6.45, 7) is 5.84. The lowest BCUT2D eigenvalue weighted by molar-refractivity contribution is -0.274. The van der Waals surface area contributed by atoms with Gasteiger partial charge >= 0.3 is 6.36 Å². The van der Waals surface area contributed by atoms with Crippen molar-refractivity contribution in [3.8, 4) is 5.75 Å². The molecule has 28 heavy (non-hydrogen) atoms. The minimum atomic E-state index is -4.71. The fourth-order valence-corrected chi connectivity index (χ4v) is 2.59. The topological polar surface area (TPSA) is 86.7 Å². The van der Waals surface area contributed by atoms with E-state index >= 15 is 0 Å². The molecule has 2 rings (SSSR count). The predicted molar refractivity (Wildman–Crippen MR) is 98.9 cm³/mol. The summed E-state index contributed by atoms with van der Waals surface area (Å²) in [7, 11) is 1.64. The van der Waals surface area contributed by atoms with E-state index in [1.165, 1.54) is 24.3 Å². The minimum absolute atomic E-state index is 0.232. The van der Waals surface area contributed by atoms with Gasteiger partial charge in [-0.1, -0.05) is 12.1 Å². The largest absolute Gasteiger partial charge is 0.573 e. The van der Waals surface area contributed by atoms with Gasteiger partial charge in [-0.15, -0.1) is 13.2 Å². The van der Waals surface area contributed by atoms with Gasteiger partial charge in [-0.2, -0.15) is 5.10 Å². The van der Waals surface area contributed by atoms with Gasteiger partial charge in [0.15, 0.2) is 5.96 Å². The van der Waals surface area contributed by atoms with Crippen molar-refractivity contribution in [1.82, 2.24) is 15.1 Å². The van der Waals surface area contributed by atoms with Crippen molar-refractivity contribution in [1.29, 1.82) is 0 Å². The monoisotopic (exact) mass is 399 g/mol. The summed E-state index contributed by atoms with van der Waals surface area (Å²) in [5, 5.41) is 7.51. The maximum atomic E-state index is 12.2. The van der Waals surface area contributed by atoms with E-state index < -0.39 is 6.36 Å². The zero-order chi connectivity index (χ0) is 20.7. The van der Waals surface area contributed by atoms with Crippen LogP contribution in [0.3, 0.4) is 0 Å². The molecule has 1 aromatic heterocycles. The molecule has 0 fully saturated rings. The molecular weight excluding hydrogens is 375 g/mol. The Morgan fingerprint density at radius 3 is 2.54 bits per heavy atom. The molecule has 0 amide bonds. The van der Waals surface area contributed by atoms with E-state index in [9.17, 15) is 13.2 Å². The van der Waals surface area contributed by atoms with Gasteiger partial charge in [-0.05, 0) is 31.5 Å². The minimum Gasteiger partial charge on any atom is -0.406 e. The van der Waals surface area contributed by atoms with Gasteiger partial charge in [0.1, 0.15) is 5.75 Å². The first-order valence-corrected chi connectivity index (χ1v) is 8.60. The molecule has 0 aliphatic carbocycles. The quantitative estimate of drug-likeness (QED) is 0.526. The highest BCUT2D eigenvalue weighted by molar-refractivity contribution is 5.77. The zero-order valence-corrected chi connectivity index (χ0v) is 16.0. The molecule has 7 nitrogen and oxygen atoms in total. The number of nitrogens with one attached hydrogen (secondary N) is 1. The number of nitrogens with two attached hydrogens (primary N) is 1. The third-order valence-corrected chi connectivity index (χ3v) is 4.07. The molecule has 10 heteroatoms. The molecule has 2 aromatic rings. The van der Waals surface area contributed by atoms with Crippen LogP contribution in [0.15, 0.2) is 29.3 Å². The number of benzene rings is 1. The van der Waals surface area contributed by atoms with Gasteiger partial charge in [0, 0.05) is 24.9 Å². The van der Waals surface area contributed by atoms with Gasteiger partial charge < -0.3 is 20.5 Å². The number of methoxy groups -OCH3 is 1. The fraction of sp³-hybridized carbons (Fsp3) is 0.444. The van der Waals surface area contributed by atoms with Gasteiger partial charge in [-0.3, -0.25) is 4.68 Å². The molecule has 3 N–H and O–H groups in total. The number of aromatic nitrogens is 2. The molecule has 0 bridgehead atoms. The van der Waals surface area contributed by atoms with Gasteiger partial charge in [0.25, 0.3) is 0 Å². The lowest BCUT2D eigenvalue weighted by Gasteiger charge is -2.09. The average Bonchev–Trinajstić information content (AvgIpc) is 2.89. The maximum Gasteiger partial charge on any atom is 0.573 e. The standard InChI is InChI=1S/C18H24F3N5O2/c1-12-16(13(2)26(25-12)8-9-27-3)11-24-17(22)23-10-14-4-6-15(7-5-14)28-18(19,20)21/h4-7H,8-11H2,1-3H3,(H3,22,23,24). The second-order valence-electron chi connectivity index (χ2n) is 6.11. The molecule has 154 valence electrons. The molecule has 0 atom stereocenters. The molecule has 0 radical (unpaired) electrons. The van der Waals surface area contributed by atoms with Crippen molar-refractivity contribution < 1.29 is 22.6 Å². The van der Waals surface area contributed by atoms with E-state index in [0.717, 1.165) is 17.0 Å². The second-order valence-corrected chi connectivity index (χ2v) is 6.11. The van der Waals surface area contributed by atoms with Crippen LogP contribution in [0.25, 0.3) is 0 Å². The number of aliphatic imine (C=N–C) groups is 1. The first-order valence-electron chi connectivity index (χ1n) is 8.60. The number of guanidine groups is 1. The molecule has 0 aliphatic rings. The van der Waals surface area contributed by atoms with Crippen LogP contribution < -0.4 is 15.8 Å². The number of nitrogens with zero attached hydrogens (tertiary/aromatic N) is 3. The van der Waals surface area contributed by atoms with Crippen molar-refractivity contribution >= 4 is 5.96 Å². The third kappa shape index (κ3) is 6.45. The zero-order valence-electron chi connectivity index (χ0n) is 16.0. The molecular formula is C18H24F3N5O2. The summed E-state index contributed by atoms with van der Waals surface area (Å²) in [6.07, 6.45) is -4.71. The molecule has 0 saturated heterocycles. The Balaban J connectivity index is 1.90. The second kappa shape index (κ2) is 9.45. The smallest absolute Gasteiger partial charge is 0.406 e. The van der Waals surface area contributed by atoms with E-state index in [0.29, 0.717) is 25.3 Å². The summed E-state index contributed by atoms with van der Waals surface area (Å²) in [5.74, 6) is -0.0400. The highest BCUT2D eigenvalue weighted by atomic mass is 19.4. The molecule has 1 heterocycles. The number of hydrogen-bond donors (Lipinski definition) is 2. The SMILES string of the molecule is COCCn1nc(C)c(CNC(N)=NCc2ccc(OC(F)(F)F)cc2)c1C. The van der Waals surface area contributed by atoms with Gasteiger partial charge in [0.05, 0.1) is 25.4 Å². The van der Waals surface area contributed by atoms with Crippen molar-refractivity contribution in [2.75, 3.05) is 13.7 Å². The fourth-order valence-electron chi connectivity index (χ4n) is 2.59. The summed E-state index contributed by atoms with van der Waals surface area (Å²) in [6, 6.07) is 5.49. The highest BCUT2D eigenvalue weighted by Gasteiger charge is 2.30. The summed E-state index contributed by atoms with van der Waals surface area (Å²) >= 11 is 0. The first kappa shape index (κ1) is 21.5. The summed E-state index contributed by atoms with van der Waals surface area (Å²) in [5.41, 5.74) is 9.55. The summed E-state index contributed by atoms with van der Waals surface area (Å²) in [4.78, 5) is 4.20. The number of hydrogen-bond acceptors (Lipinski definition) is 4. The normalized spacial score (nSPS) is 12.3. The molecule has 1 aromatic carbocycles. The van der Waals surface area contributed by atoms with Crippen LogP contribution in [-0.4, -0.2) is 35.8 Å². The molecule has 0 spiro atoms. The molecule has 0 saturated carbocycles. The number of aryl methyl sites for hydroxylation is 1. The summed E-state index contributed by atoms with van der Waals surface area (Å²) < 4.78 is 47.3. The van der Waals surface area contributed by atoms with E-state index in [2.05, 4.69) is 20.1 Å². The lowest BCUT2D eigenvalue weighted by Crippen LogP contribution is -2.31. The predicted octanol–water partition coefficient (Wildman–Crippen LogP) is 2.65. The maximum absolute atomic E-state index is 12.2. The van der Waals surface area contributed by atoms with E-state index in [1.54, 1.807) is 7.11 Å². The van der Waals surface area contributed by atoms with Crippen LogP contribution in [0.1, 0.15) is 22.5 Å². The van der Waals surface area contributed by atoms with Crippen molar-refractivity contribution in [2.24, 2.45) is 10.7 Å². The highest BCUT2D eigenvalue weighted by Crippen LogP contribution is 2.22. The Morgan fingerprint density at radius 2 is 1.93 bits per heavy atom. The third-order valence-electron chi connectivity index (χ3n) is 4.07. The Kier molecular flexibility index (Phi) is 7.27. The van der Waals surface area contributed by atoms with Crippen molar-refractivity contribution in [2.45, 2.75) is 39.8 Å². The van der Waals surface area contributed by atoms with Crippen LogP contribution in [0, 0.1) is 13.8 Å². The Bertz CT molecular complexity index is 801. The van der Waals surface area contributed by atoms with Crippen LogP contribution in [0.2, 0.25) is 0 Å². The van der Waals surface area contributed by atoms with Crippen LogP contribution in [-0.2, 0) is 24.4 Å². The molecule has 0 unspecified atom stereocenters. The van der Waals surface area contributed by atoms with Crippen LogP contribution in [0.4, 0.5) is 13.2 Å². The Morgan fingerprint density at radius 1 is 1.25 bits per heavy atom.